The van der Waals surface area contributed by atoms with E-state index in [2.05, 4.69) is 28.2 Å². The third kappa shape index (κ3) is 4.98. The van der Waals surface area contributed by atoms with Crippen LogP contribution in [0.15, 0.2) is 72.9 Å². The fraction of sp³-hybridized carbons (Fsp3) is 0.162. The fourth-order valence-corrected chi connectivity index (χ4v) is 4.73. The summed E-state index contributed by atoms with van der Waals surface area (Å²) in [6.45, 7) is -15.6. The van der Waals surface area contributed by atoms with Gasteiger partial charge in [0.2, 0.25) is 0 Å². The van der Waals surface area contributed by atoms with Crippen molar-refractivity contribution in [2.45, 2.75) is 41.1 Å². The van der Waals surface area contributed by atoms with E-state index in [1.54, 1.807) is 22.6 Å². The first-order valence-corrected chi connectivity index (χ1v) is 12.2. The zero-order chi connectivity index (χ0) is 43.8. The van der Waals surface area contributed by atoms with Gasteiger partial charge in [-0.05, 0) is 73.4 Å². The molecule has 0 spiro atoms. The third-order valence-corrected chi connectivity index (χ3v) is 6.66. The minimum Gasteiger partial charge on any atom is -0.332 e. The number of aromatic nitrogens is 3. The largest absolute Gasteiger partial charge is 0.332 e. The average Bonchev–Trinajstić information content (AvgIpc) is 3.52. The first kappa shape index (κ1) is 14.2. The molecule has 0 bridgehead atoms. The van der Waals surface area contributed by atoms with Crippen molar-refractivity contribution >= 4 is 38.4 Å². The van der Waals surface area contributed by atoms with Crippen LogP contribution in [-0.2, 0) is 20.1 Å². The zero-order valence-corrected chi connectivity index (χ0v) is 23.9. The maximum absolute atomic E-state index is 9.75. The Kier molecular flexibility index (Phi) is 3.89. The van der Waals surface area contributed by atoms with E-state index in [1.807, 2.05) is 0 Å². The van der Waals surface area contributed by atoms with E-state index in [4.69, 9.17) is 24.7 Å². The molecule has 0 saturated heterocycles. The zero-order valence-electron chi connectivity index (χ0n) is 39.6. The van der Waals surface area contributed by atoms with Gasteiger partial charge in [0, 0.05) is 56.5 Å². The van der Waals surface area contributed by atoms with Crippen molar-refractivity contribution in [2.24, 2.45) is 0 Å². The number of rotatable bonds is 1. The Labute approximate surface area is 285 Å². The number of benzene rings is 4. The number of pyridine rings is 2. The molecule has 1 radical (unpaired) electrons. The topological polar surface area (TPSA) is 54.0 Å². The van der Waals surface area contributed by atoms with E-state index >= 15 is 0 Å². The molecule has 0 unspecified atom stereocenters. The molecular weight excluding hydrogens is 693 g/mol. The molecule has 0 amide bonds. The van der Waals surface area contributed by atoms with Gasteiger partial charge < -0.3 is 9.38 Å². The van der Waals surface area contributed by atoms with Crippen molar-refractivity contribution in [3.63, 3.8) is 0 Å². The van der Waals surface area contributed by atoms with E-state index in [1.165, 1.54) is 48.5 Å². The number of aryl methyl sites for hydroxylation is 6. The summed E-state index contributed by atoms with van der Waals surface area (Å²) in [5.41, 5.74) is 0.903. The number of hydrogen-bond donors (Lipinski definition) is 0. The molecule has 0 aliphatic carbocycles. The van der Waals surface area contributed by atoms with Crippen molar-refractivity contribution < 1.29 is 44.8 Å². The molecule has 0 fully saturated rings. The molecule has 0 aliphatic rings. The second-order valence-corrected chi connectivity index (χ2v) is 9.22. The first-order chi connectivity index (χ1) is 27.0. The van der Waals surface area contributed by atoms with Crippen LogP contribution < -0.4 is 0 Å². The van der Waals surface area contributed by atoms with Crippen LogP contribution in [0.5, 0.6) is 0 Å². The van der Waals surface area contributed by atoms with Gasteiger partial charge >= 0.3 is 0 Å². The van der Waals surface area contributed by atoms with Crippen molar-refractivity contribution in [1.82, 2.24) is 14.4 Å². The first-order valence-electron chi connectivity index (χ1n) is 21.2. The van der Waals surface area contributed by atoms with Crippen LogP contribution >= 0.6 is 0 Å². The van der Waals surface area contributed by atoms with Gasteiger partial charge in [-0.3, -0.25) is 4.98 Å². The van der Waals surface area contributed by atoms with E-state index in [-0.39, 0.29) is 81.1 Å². The van der Waals surface area contributed by atoms with Gasteiger partial charge in [0.05, 0.1) is 22.2 Å². The average molecular weight is 741 g/mol. The van der Waals surface area contributed by atoms with Gasteiger partial charge in [0.1, 0.15) is 6.07 Å². The molecule has 0 aliphatic heterocycles. The number of nitriles is 1. The van der Waals surface area contributed by atoms with Crippen molar-refractivity contribution in [2.75, 3.05) is 0 Å². The van der Waals surface area contributed by atoms with E-state index in [0.717, 1.165) is 6.20 Å². The molecule has 4 nitrogen and oxygen atoms in total. The van der Waals surface area contributed by atoms with E-state index in [0.29, 0.717) is 22.0 Å². The molecule has 7 rings (SSSR count). The smallest absolute Gasteiger partial charge is 0.101 e. The maximum Gasteiger partial charge on any atom is 0.101 e. The Balaban J connectivity index is 0.000000240. The molecule has 0 atom stereocenters. The molecule has 209 valence electrons. The van der Waals surface area contributed by atoms with Gasteiger partial charge in [-0.2, -0.15) is 5.26 Å². The minimum atomic E-state index is -2.77. The monoisotopic (exact) mass is 741 g/mol. The quantitative estimate of drug-likeness (QED) is 0.125. The number of imidazole rings is 1. The second kappa shape index (κ2) is 11.5. The predicted octanol–water partition coefficient (Wildman–Crippen LogP) is 8.86. The standard InChI is InChI=1S/C23H16N3.C14H14N.Ir/c1-13-6-4-8-17-21(13)18-10-14(2)15(3)11-20(18)26-22-16(12-24)7-5-9-19(22)25-23(17)26;1-10-4-6-13(7-5-10)14-8-11(2)12(3)9-15-14;/h4-7,9-11H,1-3H3;4-6,8-9H,1-3H3;/q2*-1;/i2*1D3,2D3,3D3;. The molecule has 4 aromatic carbocycles. The summed E-state index contributed by atoms with van der Waals surface area (Å²) in [5, 5.41) is 10.5. The molecule has 42 heavy (non-hydrogen) atoms. The van der Waals surface area contributed by atoms with E-state index < -0.39 is 46.7 Å². The van der Waals surface area contributed by atoms with Crippen LogP contribution in [0, 0.1) is 64.6 Å². The molecular formula is C37H30IrN4-2. The number of nitrogens with zero attached hydrogens (tertiary/aromatic N) is 4. The van der Waals surface area contributed by atoms with Gasteiger partial charge in [0.25, 0.3) is 0 Å². The Bertz CT molecular complexity index is 2800. The molecule has 0 saturated carbocycles. The Morgan fingerprint density at radius 1 is 0.857 bits per heavy atom. The van der Waals surface area contributed by atoms with Crippen LogP contribution in [-0.4, -0.2) is 14.4 Å². The number of hydrogen-bond acceptors (Lipinski definition) is 3. The summed E-state index contributed by atoms with van der Waals surface area (Å²) < 4.78 is 141. The molecule has 3 aromatic heterocycles. The summed E-state index contributed by atoms with van der Waals surface area (Å²) in [6, 6.07) is 23.5. The number of fused-ring (bicyclic) bond motifs is 8. The summed E-state index contributed by atoms with van der Waals surface area (Å²) >= 11 is 0. The number of para-hydroxylation sites is 1. The van der Waals surface area contributed by atoms with Gasteiger partial charge in [-0.15, -0.1) is 59.2 Å². The predicted molar refractivity (Wildman–Crippen MR) is 168 cm³/mol. The Hall–Kier alpha value is -4.36. The molecule has 3 heterocycles. The van der Waals surface area contributed by atoms with Crippen molar-refractivity contribution in [3.8, 4) is 17.3 Å². The summed E-state index contributed by atoms with van der Waals surface area (Å²) in [7, 11) is 0. The Morgan fingerprint density at radius 3 is 2.40 bits per heavy atom. The van der Waals surface area contributed by atoms with Gasteiger partial charge in [-0.25, -0.2) is 0 Å². The maximum atomic E-state index is 9.75. The summed E-state index contributed by atoms with van der Waals surface area (Å²) in [4.78, 5) is 8.63. The van der Waals surface area contributed by atoms with Gasteiger partial charge in [-0.1, -0.05) is 48.2 Å². The van der Waals surface area contributed by atoms with Crippen molar-refractivity contribution in [3.05, 3.63) is 124 Å². The van der Waals surface area contributed by atoms with Crippen LogP contribution in [0.1, 0.15) is 63.6 Å². The SMILES string of the molecule is [2H]C([2H])([2H])c1c[c-]c(-c2cc(C([2H])([2H])[2H])c(C([2H])([2H])[2H])cn2)cc1.[2H]C([2H])([2H])c1cc2c3c(C([2H])([2H])[2H])cc[c-]c3c3nc4cccc(C#N)c4n3c2cc1C([2H])([2H])[2H].[Ir]. The molecule has 7 aromatic rings. The normalized spacial score (nSPS) is 19.0. The Morgan fingerprint density at radius 2 is 1.67 bits per heavy atom. The van der Waals surface area contributed by atoms with Gasteiger partial charge in [0.15, 0.2) is 0 Å². The van der Waals surface area contributed by atoms with E-state index in [9.17, 15) is 5.26 Å². The van der Waals surface area contributed by atoms with Crippen LogP contribution in [0.4, 0.5) is 0 Å². The fourth-order valence-electron chi connectivity index (χ4n) is 4.73. The molecule has 5 heteroatoms. The summed E-state index contributed by atoms with van der Waals surface area (Å²) in [5.74, 6) is 0. The van der Waals surface area contributed by atoms with Crippen molar-refractivity contribution in [1.29, 1.82) is 5.26 Å². The molecule has 0 N–H and O–H groups in total. The van der Waals surface area contributed by atoms with Crippen LogP contribution in [0.3, 0.4) is 0 Å². The second-order valence-electron chi connectivity index (χ2n) is 9.22. The summed E-state index contributed by atoms with van der Waals surface area (Å²) in [6.07, 6.45) is 1.02. The third-order valence-electron chi connectivity index (χ3n) is 6.66. The van der Waals surface area contributed by atoms with Crippen LogP contribution in [0.2, 0.25) is 0 Å². The van der Waals surface area contributed by atoms with Crippen LogP contribution in [0.25, 0.3) is 49.6 Å². The minimum absolute atomic E-state index is 0.